The third-order valence-electron chi connectivity index (χ3n) is 8.43. The van der Waals surface area contributed by atoms with Gasteiger partial charge in [-0.3, -0.25) is 4.90 Å². The number of likely N-dealkylation sites (tertiary alicyclic amines) is 1. The Morgan fingerprint density at radius 3 is 2.58 bits per heavy atom. The van der Waals surface area contributed by atoms with E-state index in [1.807, 2.05) is 6.07 Å². The Kier molecular flexibility index (Phi) is 10.6. The van der Waals surface area contributed by atoms with Crippen LogP contribution in [0, 0.1) is 17.7 Å². The number of halogens is 5. The molecule has 0 spiro atoms. The molecule has 0 bridgehead atoms. The van der Waals surface area contributed by atoms with Crippen molar-refractivity contribution in [2.24, 2.45) is 0 Å². The first kappa shape index (κ1) is 33.9. The van der Waals surface area contributed by atoms with Crippen LogP contribution in [0.3, 0.4) is 0 Å². The Hall–Kier alpha value is -4.00. The van der Waals surface area contributed by atoms with Gasteiger partial charge in [0.2, 0.25) is 6.86 Å². The number of rotatable bonds is 10. The maximum atomic E-state index is 15.0. The molecule has 3 fully saturated rings. The predicted molar refractivity (Wildman–Crippen MR) is 172 cm³/mol. The van der Waals surface area contributed by atoms with Gasteiger partial charge in [0.25, 0.3) is 0 Å². The van der Waals surface area contributed by atoms with Crippen molar-refractivity contribution >= 4 is 44.6 Å². The number of nitrogens with one attached hydrogen (secondary N) is 2. The summed E-state index contributed by atoms with van der Waals surface area (Å²) in [5.41, 5.74) is 1.29. The van der Waals surface area contributed by atoms with Crippen LogP contribution < -0.4 is 20.3 Å². The van der Waals surface area contributed by atoms with Crippen molar-refractivity contribution in [2.45, 2.75) is 37.6 Å². The van der Waals surface area contributed by atoms with Crippen LogP contribution in [0.15, 0.2) is 30.3 Å². The molecule has 3 saturated heterocycles. The van der Waals surface area contributed by atoms with E-state index >= 15 is 4.39 Å². The van der Waals surface area contributed by atoms with Gasteiger partial charge in [0.1, 0.15) is 18.2 Å². The smallest absolute Gasteiger partial charge is 0.461 e. The van der Waals surface area contributed by atoms with Crippen LogP contribution in [0.4, 0.5) is 43.8 Å². The molecule has 48 heavy (non-hydrogen) atoms. The number of fused-ring (bicyclic) bond motifs is 1. The number of piperidine rings is 1. The van der Waals surface area contributed by atoms with Crippen molar-refractivity contribution < 1.29 is 45.7 Å². The molecule has 0 radical (unpaired) electrons. The fourth-order valence-electron chi connectivity index (χ4n) is 6.15. The van der Waals surface area contributed by atoms with Crippen molar-refractivity contribution in [3.63, 3.8) is 0 Å². The lowest BCUT2D eigenvalue weighted by Gasteiger charge is -2.33. The Balaban J connectivity index is 1.16. The standard InChI is InChI=1S/C33H35F5N4O5S/c34-20-46-29-16-28(42-11-13-44-14-12-42)25(35)15-27(29)39-8-2-5-30-24(17-33(36,37)38)23-3-1-4-26(31(23)48-30)40-21-6-9-41(10-7-21)18-22-19-45-32(43)47-22/h1,3-4,15-16,21-22,39-40H,6-14,17-20H2. The van der Waals surface area contributed by atoms with E-state index in [2.05, 4.69) is 27.4 Å². The van der Waals surface area contributed by atoms with Crippen LogP contribution in [0.1, 0.15) is 23.3 Å². The lowest BCUT2D eigenvalue weighted by atomic mass is 10.0. The van der Waals surface area contributed by atoms with E-state index in [4.69, 9.17) is 18.9 Å². The van der Waals surface area contributed by atoms with E-state index in [1.165, 1.54) is 23.5 Å². The van der Waals surface area contributed by atoms with Gasteiger partial charge in [0.15, 0.2) is 6.10 Å². The van der Waals surface area contributed by atoms with Crippen molar-refractivity contribution in [1.29, 1.82) is 0 Å². The Bertz CT molecular complexity index is 1660. The molecule has 0 amide bonds. The summed E-state index contributed by atoms with van der Waals surface area (Å²) in [6.07, 6.45) is -4.90. The highest BCUT2D eigenvalue weighted by Gasteiger charge is 2.32. The highest BCUT2D eigenvalue weighted by Crippen LogP contribution is 2.40. The third-order valence-corrected chi connectivity index (χ3v) is 9.63. The number of benzene rings is 2. The molecular weight excluding hydrogens is 659 g/mol. The second-order valence-electron chi connectivity index (χ2n) is 11.7. The highest BCUT2D eigenvalue weighted by molar-refractivity contribution is 7.20. The van der Waals surface area contributed by atoms with Gasteiger partial charge in [-0.15, -0.1) is 11.3 Å². The van der Waals surface area contributed by atoms with E-state index in [0.717, 1.165) is 31.6 Å². The number of anilines is 3. The van der Waals surface area contributed by atoms with Gasteiger partial charge in [-0.05, 0) is 29.9 Å². The fourth-order valence-corrected chi connectivity index (χ4v) is 7.32. The predicted octanol–water partition coefficient (Wildman–Crippen LogP) is 6.16. The highest BCUT2D eigenvalue weighted by atomic mass is 32.1. The first-order valence-corrected chi connectivity index (χ1v) is 16.5. The summed E-state index contributed by atoms with van der Waals surface area (Å²) >= 11 is 1.19. The van der Waals surface area contributed by atoms with Crippen LogP contribution in [-0.4, -0.2) is 95.3 Å². The number of thiophene rings is 1. The van der Waals surface area contributed by atoms with Gasteiger partial charge >= 0.3 is 12.3 Å². The van der Waals surface area contributed by atoms with Gasteiger partial charge in [-0.25, -0.2) is 13.6 Å². The normalized spacial score (nSPS) is 19.1. The number of alkyl halides is 4. The molecule has 0 saturated carbocycles. The van der Waals surface area contributed by atoms with Gasteiger partial charge in [-0.2, -0.15) is 13.2 Å². The molecule has 3 aliphatic heterocycles. The largest absolute Gasteiger partial charge is 0.508 e. The second-order valence-corrected chi connectivity index (χ2v) is 12.7. The minimum absolute atomic E-state index is 0.0471. The minimum atomic E-state index is -4.45. The maximum absolute atomic E-state index is 15.0. The Labute approximate surface area is 278 Å². The molecule has 258 valence electrons. The minimum Gasteiger partial charge on any atom is -0.461 e. The summed E-state index contributed by atoms with van der Waals surface area (Å²) in [6, 6.07) is 8.00. The molecule has 15 heteroatoms. The van der Waals surface area contributed by atoms with Crippen molar-refractivity contribution in [1.82, 2.24) is 4.90 Å². The number of cyclic esters (lactones) is 2. The molecule has 4 heterocycles. The summed E-state index contributed by atoms with van der Waals surface area (Å²) in [5.74, 6) is 5.32. The zero-order valence-corrected chi connectivity index (χ0v) is 26.8. The molecule has 3 aromatic rings. The average molecular weight is 695 g/mol. The molecule has 1 unspecified atom stereocenters. The molecule has 2 aromatic carbocycles. The molecule has 6 rings (SSSR count). The quantitative estimate of drug-likeness (QED) is 0.147. The summed E-state index contributed by atoms with van der Waals surface area (Å²) in [5, 5.41) is 6.94. The molecule has 3 aliphatic rings. The number of morpholine rings is 1. The lowest BCUT2D eigenvalue weighted by Crippen LogP contribution is -2.43. The second kappa shape index (κ2) is 15.0. The molecule has 2 N–H and O–H groups in total. The van der Waals surface area contributed by atoms with Crippen LogP contribution in [-0.2, 0) is 20.6 Å². The summed E-state index contributed by atoms with van der Waals surface area (Å²) < 4.78 is 90.5. The zero-order valence-electron chi connectivity index (χ0n) is 26.0. The van der Waals surface area contributed by atoms with Crippen molar-refractivity contribution in [3.8, 4) is 17.6 Å². The molecule has 0 aliphatic carbocycles. The fraction of sp³-hybridized carbons (Fsp3) is 0.485. The summed E-state index contributed by atoms with van der Waals surface area (Å²) in [7, 11) is 0. The van der Waals surface area contributed by atoms with Gasteiger partial charge in [-0.1, -0.05) is 24.0 Å². The Morgan fingerprint density at radius 1 is 1.08 bits per heavy atom. The first-order chi connectivity index (χ1) is 23.2. The van der Waals surface area contributed by atoms with Gasteiger partial charge in [0.05, 0.1) is 52.8 Å². The van der Waals surface area contributed by atoms with E-state index in [1.54, 1.807) is 17.0 Å². The van der Waals surface area contributed by atoms with E-state index < -0.39 is 31.4 Å². The molecular formula is C33H35F5N4O5S. The van der Waals surface area contributed by atoms with Crippen molar-refractivity contribution in [3.05, 3.63) is 46.6 Å². The molecule has 1 aromatic heterocycles. The molecule has 1 atom stereocenters. The SMILES string of the molecule is O=C1OCC(CN2CCC(Nc3cccc4c(CC(F)(F)F)c(C#CCNc5cc(F)c(N6CCOCC6)cc5OCF)sc34)CC2)O1. The number of nitrogens with zero attached hydrogens (tertiary/aromatic N) is 2. The lowest BCUT2D eigenvalue weighted by molar-refractivity contribution is -0.126. The van der Waals surface area contributed by atoms with Crippen LogP contribution >= 0.6 is 11.3 Å². The number of ether oxygens (including phenoxy) is 4. The van der Waals surface area contributed by atoms with Crippen LogP contribution in [0.2, 0.25) is 0 Å². The monoisotopic (exact) mass is 694 g/mol. The number of carbonyl (C=O) groups is 1. The van der Waals surface area contributed by atoms with Gasteiger partial charge in [0, 0.05) is 50.9 Å². The number of hydrogen-bond donors (Lipinski definition) is 2. The number of carbonyl (C=O) groups excluding carboxylic acids is 1. The van der Waals surface area contributed by atoms with E-state index in [-0.39, 0.29) is 52.9 Å². The number of hydrogen-bond acceptors (Lipinski definition) is 10. The zero-order chi connectivity index (χ0) is 33.7. The van der Waals surface area contributed by atoms with E-state index in [9.17, 15) is 22.4 Å². The van der Waals surface area contributed by atoms with E-state index in [0.29, 0.717) is 42.9 Å². The maximum Gasteiger partial charge on any atom is 0.508 e. The molecule has 9 nitrogen and oxygen atoms in total. The van der Waals surface area contributed by atoms with Crippen LogP contribution in [0.5, 0.6) is 5.75 Å². The average Bonchev–Trinajstić information content (AvgIpc) is 3.63. The summed E-state index contributed by atoms with van der Waals surface area (Å²) in [6.45, 7) is 3.05. The first-order valence-electron chi connectivity index (χ1n) is 15.7. The van der Waals surface area contributed by atoms with Gasteiger partial charge < -0.3 is 34.5 Å². The summed E-state index contributed by atoms with van der Waals surface area (Å²) in [4.78, 5) is 15.5. The van der Waals surface area contributed by atoms with Crippen molar-refractivity contribution in [2.75, 3.05) is 81.5 Å². The Morgan fingerprint density at radius 2 is 1.88 bits per heavy atom. The van der Waals surface area contributed by atoms with Crippen LogP contribution in [0.25, 0.3) is 10.1 Å². The topological polar surface area (TPSA) is 84.5 Å². The third kappa shape index (κ3) is 8.34.